The lowest BCUT2D eigenvalue weighted by Gasteiger charge is -2.38. The molecule has 1 heterocycles. The average Bonchev–Trinajstić information content (AvgIpc) is 3.00. The summed E-state index contributed by atoms with van der Waals surface area (Å²) in [5.41, 5.74) is 6.22. The maximum Gasteiger partial charge on any atom is 0.0544 e. The Morgan fingerprint density at radius 3 is 2.62 bits per heavy atom. The van der Waals surface area contributed by atoms with Crippen LogP contribution in [-0.2, 0) is 5.41 Å². The zero-order valence-corrected chi connectivity index (χ0v) is 15.0. The summed E-state index contributed by atoms with van der Waals surface area (Å²) in [7, 11) is 0. The Labute approximate surface area is 158 Å². The zero-order valence-electron chi connectivity index (χ0n) is 14.3. The van der Waals surface area contributed by atoms with Crippen molar-refractivity contribution >= 4 is 17.2 Å². The number of halogens is 1. The minimum absolute atomic E-state index is 0.271. The summed E-state index contributed by atoms with van der Waals surface area (Å²) in [5, 5.41) is 0.778. The highest BCUT2D eigenvalue weighted by Gasteiger charge is 2.51. The highest BCUT2D eigenvalue weighted by molar-refractivity contribution is 6.30. The molecule has 0 N–H and O–H groups in total. The normalized spacial score (nSPS) is 23.3. The second-order valence-corrected chi connectivity index (χ2v) is 7.38. The molecule has 0 spiro atoms. The molecule has 126 valence electrons. The third-order valence-electron chi connectivity index (χ3n) is 5.75. The largest absolute Gasteiger partial charge is 0.264 e. The molecule has 0 amide bonds. The fraction of sp³-hybridized carbons (Fsp3) is 0.125. The van der Waals surface area contributed by atoms with Crippen LogP contribution in [0.25, 0.3) is 5.57 Å². The second-order valence-electron chi connectivity index (χ2n) is 6.94. The van der Waals surface area contributed by atoms with E-state index in [1.807, 2.05) is 24.5 Å². The fourth-order valence-corrected chi connectivity index (χ4v) is 4.95. The van der Waals surface area contributed by atoms with Crippen molar-refractivity contribution < 1.29 is 0 Å². The van der Waals surface area contributed by atoms with Gasteiger partial charge in [-0.1, -0.05) is 72.3 Å². The van der Waals surface area contributed by atoms with E-state index in [1.54, 1.807) is 0 Å². The quantitative estimate of drug-likeness (QED) is 0.546. The van der Waals surface area contributed by atoms with Crippen molar-refractivity contribution in [3.8, 4) is 0 Å². The molecular formula is C24H18ClN. The molecule has 2 aliphatic rings. The Morgan fingerprint density at radius 1 is 0.962 bits per heavy atom. The lowest BCUT2D eigenvalue weighted by atomic mass is 9.63. The number of fused-ring (bicyclic) bond motifs is 3. The highest BCUT2D eigenvalue weighted by atomic mass is 35.5. The van der Waals surface area contributed by atoms with Gasteiger partial charge in [0.25, 0.3) is 0 Å². The van der Waals surface area contributed by atoms with Crippen LogP contribution in [0.2, 0.25) is 5.02 Å². The van der Waals surface area contributed by atoms with Crippen molar-refractivity contribution in [2.75, 3.05) is 0 Å². The van der Waals surface area contributed by atoms with Crippen LogP contribution in [0.5, 0.6) is 0 Å². The number of pyridine rings is 1. The predicted octanol–water partition coefficient (Wildman–Crippen LogP) is 6.04. The number of rotatable bonds is 2. The summed E-state index contributed by atoms with van der Waals surface area (Å²) in [6.45, 7) is 0. The smallest absolute Gasteiger partial charge is 0.0544 e. The molecule has 0 saturated heterocycles. The first-order valence-electron chi connectivity index (χ1n) is 8.95. The van der Waals surface area contributed by atoms with Gasteiger partial charge in [0.2, 0.25) is 0 Å². The van der Waals surface area contributed by atoms with Gasteiger partial charge in [-0.3, -0.25) is 4.98 Å². The predicted molar refractivity (Wildman–Crippen MR) is 107 cm³/mol. The number of aromatic nitrogens is 1. The van der Waals surface area contributed by atoms with Gasteiger partial charge in [-0.25, -0.2) is 0 Å². The molecule has 0 bridgehead atoms. The summed E-state index contributed by atoms with van der Waals surface area (Å²) in [6.07, 6.45) is 11.6. The Hall–Kier alpha value is -2.64. The minimum Gasteiger partial charge on any atom is -0.264 e. The van der Waals surface area contributed by atoms with Gasteiger partial charge in [0.05, 0.1) is 5.41 Å². The molecular weight excluding hydrogens is 338 g/mol. The second kappa shape index (κ2) is 5.96. The Balaban J connectivity index is 1.92. The van der Waals surface area contributed by atoms with Crippen molar-refractivity contribution in [3.05, 3.63) is 119 Å². The number of hydrogen-bond acceptors (Lipinski definition) is 1. The summed E-state index contributed by atoms with van der Waals surface area (Å²) in [5.74, 6) is 0.340. The van der Waals surface area contributed by atoms with E-state index in [4.69, 9.17) is 11.6 Å². The van der Waals surface area contributed by atoms with Crippen LogP contribution in [0.1, 0.15) is 28.7 Å². The maximum atomic E-state index is 6.47. The minimum atomic E-state index is -0.271. The first-order valence-corrected chi connectivity index (χ1v) is 9.33. The third kappa shape index (κ3) is 2.07. The van der Waals surface area contributed by atoms with E-state index in [0.717, 1.165) is 11.4 Å². The Morgan fingerprint density at radius 2 is 1.81 bits per heavy atom. The van der Waals surface area contributed by atoms with E-state index < -0.39 is 0 Å². The van der Waals surface area contributed by atoms with Crippen molar-refractivity contribution in [3.63, 3.8) is 0 Å². The van der Waals surface area contributed by atoms with E-state index in [9.17, 15) is 0 Å². The molecule has 3 aromatic rings. The molecule has 0 aliphatic heterocycles. The topological polar surface area (TPSA) is 12.9 Å². The van der Waals surface area contributed by atoms with Gasteiger partial charge in [0, 0.05) is 23.3 Å². The van der Waals surface area contributed by atoms with Crippen LogP contribution >= 0.6 is 11.6 Å². The first-order chi connectivity index (χ1) is 12.8. The van der Waals surface area contributed by atoms with Gasteiger partial charge in [-0.15, -0.1) is 0 Å². The number of nitrogens with zero attached hydrogens (tertiary/aromatic N) is 1. The van der Waals surface area contributed by atoms with Crippen LogP contribution < -0.4 is 0 Å². The van der Waals surface area contributed by atoms with Crippen molar-refractivity contribution in [2.24, 2.45) is 5.92 Å². The number of benzene rings is 2. The summed E-state index contributed by atoms with van der Waals surface area (Å²) < 4.78 is 0. The molecule has 0 fully saturated rings. The Bertz CT molecular complexity index is 979. The molecule has 0 saturated carbocycles. The third-order valence-corrected chi connectivity index (χ3v) is 5.98. The van der Waals surface area contributed by atoms with Crippen LogP contribution in [0, 0.1) is 5.92 Å². The van der Waals surface area contributed by atoms with Crippen molar-refractivity contribution in [1.29, 1.82) is 0 Å². The lowest BCUT2D eigenvalue weighted by Crippen LogP contribution is -2.34. The molecule has 2 atom stereocenters. The zero-order chi connectivity index (χ0) is 17.6. The molecule has 2 aromatic carbocycles. The van der Waals surface area contributed by atoms with Crippen LogP contribution in [0.3, 0.4) is 0 Å². The molecule has 2 heteroatoms. The summed E-state index contributed by atoms with van der Waals surface area (Å²) in [6, 6.07) is 21.4. The van der Waals surface area contributed by atoms with Crippen LogP contribution in [-0.4, -0.2) is 4.98 Å². The maximum absolute atomic E-state index is 6.47. The molecule has 26 heavy (non-hydrogen) atoms. The van der Waals surface area contributed by atoms with Gasteiger partial charge in [-0.2, -0.15) is 0 Å². The van der Waals surface area contributed by atoms with Gasteiger partial charge in [0.15, 0.2) is 0 Å². The summed E-state index contributed by atoms with van der Waals surface area (Å²) >= 11 is 6.47. The molecule has 0 radical (unpaired) electrons. The van der Waals surface area contributed by atoms with Gasteiger partial charge >= 0.3 is 0 Å². The van der Waals surface area contributed by atoms with E-state index in [0.29, 0.717) is 5.92 Å². The SMILES string of the molecule is Clc1ccc2c(c1)C(c1ccccc1)(c1cccnc1)C1CC=CC=C21. The van der Waals surface area contributed by atoms with Gasteiger partial charge in [-0.05, 0) is 52.4 Å². The fourth-order valence-electron chi connectivity index (χ4n) is 4.78. The Kier molecular flexibility index (Phi) is 3.58. The van der Waals surface area contributed by atoms with Crippen LogP contribution in [0.4, 0.5) is 0 Å². The van der Waals surface area contributed by atoms with Crippen molar-refractivity contribution in [1.82, 2.24) is 4.98 Å². The monoisotopic (exact) mass is 355 g/mol. The molecule has 5 rings (SSSR count). The molecule has 1 aromatic heterocycles. The number of allylic oxidation sites excluding steroid dienone is 4. The van der Waals surface area contributed by atoms with Crippen LogP contribution in [0.15, 0.2) is 91.3 Å². The lowest BCUT2D eigenvalue weighted by molar-refractivity contribution is 0.483. The van der Waals surface area contributed by atoms with E-state index in [2.05, 4.69) is 71.7 Å². The highest BCUT2D eigenvalue weighted by Crippen LogP contribution is 2.59. The van der Waals surface area contributed by atoms with Gasteiger partial charge < -0.3 is 0 Å². The van der Waals surface area contributed by atoms with Crippen molar-refractivity contribution in [2.45, 2.75) is 11.8 Å². The molecule has 2 unspecified atom stereocenters. The standard InChI is InChI=1S/C24H18ClN/c25-19-12-13-21-20-10-4-5-11-22(20)24(23(21)15-19,17-7-2-1-3-8-17)18-9-6-14-26-16-18/h1-10,12-16,22H,11H2. The van der Waals surface area contributed by atoms with Gasteiger partial charge in [0.1, 0.15) is 0 Å². The first kappa shape index (κ1) is 15.6. The number of hydrogen-bond donors (Lipinski definition) is 0. The molecule has 2 aliphatic carbocycles. The average molecular weight is 356 g/mol. The summed E-state index contributed by atoms with van der Waals surface area (Å²) in [4.78, 5) is 4.46. The van der Waals surface area contributed by atoms with E-state index >= 15 is 0 Å². The van der Waals surface area contributed by atoms with E-state index in [-0.39, 0.29) is 5.41 Å². The molecule has 1 nitrogen and oxygen atoms in total. The van der Waals surface area contributed by atoms with E-state index in [1.165, 1.54) is 27.8 Å².